The maximum Gasteiger partial charge on any atom is 0.268 e. The number of ketones is 1. The number of benzene rings is 2. The van der Waals surface area contributed by atoms with Gasteiger partial charge < -0.3 is 9.64 Å². The Morgan fingerprint density at radius 2 is 1.86 bits per heavy atom. The fourth-order valence-corrected chi connectivity index (χ4v) is 5.87. The number of anilines is 1. The van der Waals surface area contributed by atoms with Crippen molar-refractivity contribution >= 4 is 65.0 Å². The van der Waals surface area contributed by atoms with Gasteiger partial charge in [0.1, 0.15) is 4.70 Å². The summed E-state index contributed by atoms with van der Waals surface area (Å²) in [5.74, 6) is -0.605. The molecule has 0 saturated carbocycles. The molecule has 11 nitrogen and oxygen atoms in total. The second-order valence-corrected chi connectivity index (χ2v) is 12.5. The van der Waals surface area contributed by atoms with Crippen LogP contribution in [0.5, 0.6) is 5.75 Å². The molecule has 0 unspecified atom stereocenters. The molecule has 0 radical (unpaired) electrons. The van der Waals surface area contributed by atoms with Gasteiger partial charge in [-0.3, -0.25) is 13.9 Å². The Labute approximate surface area is 217 Å². The number of carbonyl (C=O) groups excluding carboxylic acids is 1. The van der Waals surface area contributed by atoms with Gasteiger partial charge in [0.15, 0.2) is 23.8 Å². The van der Waals surface area contributed by atoms with Gasteiger partial charge in [-0.05, 0) is 31.2 Å². The summed E-state index contributed by atoms with van der Waals surface area (Å²) >= 11 is 1.34. The predicted molar refractivity (Wildman–Crippen MR) is 138 cm³/mol. The maximum absolute atomic E-state index is 11.9. The molecule has 4 rings (SSSR count). The number of ether oxygens (including phenoxy) is 1. The minimum absolute atomic E-state index is 0.100. The Morgan fingerprint density at radius 3 is 2.51 bits per heavy atom. The summed E-state index contributed by atoms with van der Waals surface area (Å²) < 4.78 is 72.6. The molecule has 1 aliphatic rings. The predicted octanol–water partition coefficient (Wildman–Crippen LogP) is 3.31. The highest BCUT2D eigenvalue weighted by Gasteiger charge is 2.30. The van der Waals surface area contributed by atoms with Crippen LogP contribution in [0.25, 0.3) is 21.1 Å². The molecule has 0 aliphatic carbocycles. The van der Waals surface area contributed by atoms with Crippen LogP contribution < -0.4 is 14.2 Å². The van der Waals surface area contributed by atoms with Crippen molar-refractivity contribution < 1.29 is 40.0 Å². The lowest BCUT2D eigenvalue weighted by Crippen LogP contribution is -2.36. The van der Waals surface area contributed by atoms with Gasteiger partial charge in [-0.1, -0.05) is 17.4 Å². The third-order valence-electron chi connectivity index (χ3n) is 5.58. The molecule has 2 aromatic carbocycles. The number of nitrogens with zero attached hydrogens (tertiary/aromatic N) is 3. The lowest BCUT2D eigenvalue weighted by molar-refractivity contribution is -0.668. The molecule has 14 heteroatoms. The molecule has 2 heterocycles. The summed E-state index contributed by atoms with van der Waals surface area (Å²) in [5, 5.41) is 0.610. The first kappa shape index (κ1) is 26.7. The third kappa shape index (κ3) is 6.32. The lowest BCUT2D eigenvalue weighted by atomic mass is 10.1. The average molecular weight is 565 g/mol. The number of fused-ring (bicyclic) bond motifs is 2. The molecular formula is C23H22N3O8S3+. The number of hydrogen-bond donors (Lipinski definition) is 2. The first-order valence-electron chi connectivity index (χ1n) is 10.9. The Balaban J connectivity index is 1.81. The molecule has 0 fully saturated rings. The van der Waals surface area contributed by atoms with E-state index >= 15 is 0 Å². The van der Waals surface area contributed by atoms with Gasteiger partial charge in [0.2, 0.25) is 11.4 Å². The number of carbonyl (C=O) groups is 1. The highest BCUT2D eigenvalue weighted by Crippen LogP contribution is 2.40. The van der Waals surface area contributed by atoms with Gasteiger partial charge in [0, 0.05) is 24.6 Å². The van der Waals surface area contributed by atoms with E-state index in [1.165, 1.54) is 23.2 Å². The number of rotatable bonds is 9. The monoisotopic (exact) mass is 564 g/mol. The molecule has 0 bridgehead atoms. The summed E-state index contributed by atoms with van der Waals surface area (Å²) in [6.45, 7) is 8.76. The number of thiazole rings is 1. The van der Waals surface area contributed by atoms with E-state index in [0.29, 0.717) is 33.2 Å². The second-order valence-electron chi connectivity index (χ2n) is 8.26. The highest BCUT2D eigenvalue weighted by atomic mass is 32.2. The third-order valence-corrected chi connectivity index (χ3v) is 8.20. The summed E-state index contributed by atoms with van der Waals surface area (Å²) in [7, 11) is -8.47. The second kappa shape index (κ2) is 10.2. The largest absolute Gasteiger partial charge is 0.438 e. The molecule has 0 amide bonds. The van der Waals surface area contributed by atoms with Crippen molar-refractivity contribution in [1.82, 2.24) is 0 Å². The molecule has 1 aliphatic heterocycles. The molecule has 0 spiro atoms. The number of Topliss-reactive ketones (excluding diaryl/α,β-unsaturated/α-hetero) is 1. The molecule has 0 saturated heterocycles. The lowest BCUT2D eigenvalue weighted by Gasteiger charge is -2.17. The van der Waals surface area contributed by atoms with E-state index in [4.69, 9.17) is 15.9 Å². The van der Waals surface area contributed by atoms with Gasteiger partial charge in [0.05, 0.1) is 29.8 Å². The number of aryl methyl sites for hydroxylation is 1. The van der Waals surface area contributed by atoms with Crippen LogP contribution in [-0.4, -0.2) is 49.8 Å². The maximum atomic E-state index is 11.9. The van der Waals surface area contributed by atoms with Crippen LogP contribution in [0.4, 0.5) is 11.4 Å². The number of hydrogen-bond acceptors (Lipinski definition) is 8. The van der Waals surface area contributed by atoms with Crippen molar-refractivity contribution in [3.8, 4) is 5.75 Å². The topological polar surface area (TPSA) is 147 Å². The van der Waals surface area contributed by atoms with Crippen LogP contribution in [0.15, 0.2) is 42.3 Å². The van der Waals surface area contributed by atoms with Crippen molar-refractivity contribution in [3.63, 3.8) is 0 Å². The van der Waals surface area contributed by atoms with Gasteiger partial charge in [-0.25, -0.2) is 4.85 Å². The summed E-state index contributed by atoms with van der Waals surface area (Å²) in [4.78, 5) is 16.9. The van der Waals surface area contributed by atoms with E-state index < -0.39 is 31.7 Å². The van der Waals surface area contributed by atoms with E-state index in [1.54, 1.807) is 47.0 Å². The molecule has 3 aromatic rings. The zero-order valence-corrected chi connectivity index (χ0v) is 21.9. The van der Waals surface area contributed by atoms with Crippen molar-refractivity contribution in [2.75, 3.05) is 23.0 Å². The Hall–Kier alpha value is -3.35. The number of aromatic nitrogens is 1. The first-order chi connectivity index (χ1) is 17.3. The quantitative estimate of drug-likeness (QED) is 0.173. The standard InChI is InChI=1S/C23H21N3O8S3/c1-15(27)16-4-6-20-18(12-16)25(9-11-37(31,32)33)22(34-20)14-23-26(8-3-10-36(28,29)30)19-13-17(24-2)5-7-21(19)35-23/h4-7,12-14H,3,8-11H2,1H3,(H-,28,29,30,31,32,33)/p+1. The summed E-state index contributed by atoms with van der Waals surface area (Å²) in [6.07, 6.45) is 1.75. The Kier molecular flexibility index (Phi) is 7.36. The Morgan fingerprint density at radius 1 is 1.14 bits per heavy atom. The van der Waals surface area contributed by atoms with Gasteiger partial charge in [0.25, 0.3) is 25.2 Å². The zero-order chi connectivity index (χ0) is 27.0. The fraction of sp³-hybridized carbons (Fsp3) is 0.261. The van der Waals surface area contributed by atoms with Crippen molar-refractivity contribution in [1.29, 1.82) is 0 Å². The summed E-state index contributed by atoms with van der Waals surface area (Å²) in [6, 6.07) is 9.87. The fourth-order valence-electron chi connectivity index (χ4n) is 3.87. The molecule has 0 atom stereocenters. The molecular weight excluding hydrogens is 542 g/mol. The smallest absolute Gasteiger partial charge is 0.268 e. The van der Waals surface area contributed by atoms with Crippen molar-refractivity contribution in [2.45, 2.75) is 19.9 Å². The van der Waals surface area contributed by atoms with Crippen LogP contribution in [0.3, 0.4) is 0 Å². The van der Waals surface area contributed by atoms with Crippen LogP contribution in [0.1, 0.15) is 28.7 Å². The Bertz CT molecular complexity index is 1690. The summed E-state index contributed by atoms with van der Waals surface area (Å²) in [5.41, 5.74) is 1.93. The van der Waals surface area contributed by atoms with E-state index in [-0.39, 0.29) is 31.2 Å². The average Bonchev–Trinajstić information content (AvgIpc) is 3.32. The van der Waals surface area contributed by atoms with Crippen LogP contribution in [0, 0.1) is 6.57 Å². The minimum atomic E-state index is -4.30. The van der Waals surface area contributed by atoms with Gasteiger partial charge in [-0.15, -0.1) is 0 Å². The van der Waals surface area contributed by atoms with E-state index in [1.807, 2.05) is 0 Å². The molecule has 194 valence electrons. The van der Waals surface area contributed by atoms with Crippen LogP contribution in [-0.2, 0) is 26.8 Å². The normalized spacial score (nSPS) is 14.5. The van der Waals surface area contributed by atoms with Crippen LogP contribution in [0.2, 0.25) is 0 Å². The van der Waals surface area contributed by atoms with Crippen molar-refractivity contribution in [3.05, 3.63) is 64.3 Å². The van der Waals surface area contributed by atoms with Gasteiger partial charge in [-0.2, -0.15) is 21.4 Å². The highest BCUT2D eigenvalue weighted by molar-refractivity contribution is 7.86. The van der Waals surface area contributed by atoms with E-state index in [0.717, 1.165) is 4.70 Å². The zero-order valence-electron chi connectivity index (χ0n) is 19.5. The van der Waals surface area contributed by atoms with E-state index in [2.05, 4.69) is 4.85 Å². The SMILES string of the molecule is [C-]#[N+]c1ccc2sc(/C=C3\Oc4ccc(C(C)=O)cc4N3CCS(=O)(=O)O)[n+](CCCS(=O)(=O)O)c2c1. The minimum Gasteiger partial charge on any atom is -0.438 e. The first-order valence-corrected chi connectivity index (χ1v) is 14.9. The van der Waals surface area contributed by atoms with Crippen molar-refractivity contribution in [2.24, 2.45) is 0 Å². The molecule has 2 N–H and O–H groups in total. The van der Waals surface area contributed by atoms with Gasteiger partial charge >= 0.3 is 0 Å². The molecule has 37 heavy (non-hydrogen) atoms. The van der Waals surface area contributed by atoms with E-state index in [9.17, 15) is 26.2 Å². The van der Waals surface area contributed by atoms with Crippen LogP contribution >= 0.6 is 11.3 Å². The molecule has 1 aromatic heterocycles.